The number of nitrogens with zero attached hydrogens (tertiary/aromatic N) is 2. The van der Waals surface area contributed by atoms with E-state index in [0.29, 0.717) is 23.8 Å². The van der Waals surface area contributed by atoms with E-state index in [1.54, 1.807) is 12.1 Å². The minimum Gasteiger partial charge on any atom is -0.398 e. The Morgan fingerprint density at radius 2 is 1.95 bits per heavy atom. The van der Waals surface area contributed by atoms with Gasteiger partial charge in [-0.3, -0.25) is 10.1 Å². The fourth-order valence-corrected chi connectivity index (χ4v) is 3.79. The second-order valence-electron chi connectivity index (χ2n) is 6.29. The van der Waals surface area contributed by atoms with Gasteiger partial charge in [-0.1, -0.05) is 6.42 Å². The van der Waals surface area contributed by atoms with Gasteiger partial charge in [-0.15, -0.1) is 0 Å². The Kier molecular flexibility index (Phi) is 3.71. The third-order valence-electron chi connectivity index (χ3n) is 4.86. The molecule has 1 aromatic rings. The summed E-state index contributed by atoms with van der Waals surface area (Å²) in [5.74, 6) is 0. The van der Waals surface area contributed by atoms with Crippen LogP contribution < -0.4 is 11.1 Å². The van der Waals surface area contributed by atoms with Gasteiger partial charge in [-0.25, -0.2) is 0 Å². The predicted molar refractivity (Wildman–Crippen MR) is 83.3 cm³/mol. The average Bonchev–Trinajstić information content (AvgIpc) is 2.39. The van der Waals surface area contributed by atoms with Crippen molar-refractivity contribution in [2.75, 3.05) is 18.1 Å². The molecular formula is C15H22N4O2. The van der Waals surface area contributed by atoms with E-state index in [4.69, 9.17) is 5.73 Å². The number of rotatable bonds is 3. The Hall–Kier alpha value is -1.82. The summed E-state index contributed by atoms with van der Waals surface area (Å²) in [6.07, 6.45) is 6.01. The maximum atomic E-state index is 10.9. The third-order valence-corrected chi connectivity index (χ3v) is 4.86. The summed E-state index contributed by atoms with van der Waals surface area (Å²) in [6, 6.07) is 6.38. The molecule has 3 N–H and O–H groups in total. The number of benzene rings is 1. The molecule has 0 spiro atoms. The van der Waals surface area contributed by atoms with Gasteiger partial charge in [0.2, 0.25) is 0 Å². The summed E-state index contributed by atoms with van der Waals surface area (Å²) in [5, 5.41) is 14.4. The minimum atomic E-state index is -0.398. The van der Waals surface area contributed by atoms with Crippen LogP contribution in [0.2, 0.25) is 0 Å². The van der Waals surface area contributed by atoms with E-state index in [1.165, 1.54) is 25.3 Å². The molecule has 21 heavy (non-hydrogen) atoms. The quantitative estimate of drug-likeness (QED) is 0.508. The van der Waals surface area contributed by atoms with Crippen molar-refractivity contribution in [1.82, 2.24) is 4.90 Å². The number of fused-ring (bicyclic) bond motifs is 2. The fraction of sp³-hybridized carbons (Fsp3) is 0.600. The smallest absolute Gasteiger partial charge is 0.273 e. The lowest BCUT2D eigenvalue weighted by Gasteiger charge is -2.47. The number of hydrogen-bond acceptors (Lipinski definition) is 5. The standard InChI is InChI=1S/C15H22N4O2/c1-18-13-3-2-4-14(18)8-12(7-13)17-11-5-10(16)6-15(9-11)19(20)21/h5-6,9,12-14,17H,2-4,7-8,16H2,1H3. The van der Waals surface area contributed by atoms with Crippen molar-refractivity contribution in [2.45, 2.75) is 50.2 Å². The van der Waals surface area contributed by atoms with Gasteiger partial charge in [0.1, 0.15) is 0 Å². The Morgan fingerprint density at radius 3 is 2.57 bits per heavy atom. The second-order valence-corrected chi connectivity index (χ2v) is 6.29. The van der Waals surface area contributed by atoms with Gasteiger partial charge in [0.05, 0.1) is 4.92 Å². The molecule has 0 aromatic heterocycles. The number of nitro groups is 1. The topological polar surface area (TPSA) is 84.4 Å². The molecule has 114 valence electrons. The molecule has 6 nitrogen and oxygen atoms in total. The van der Waals surface area contributed by atoms with Crippen molar-refractivity contribution in [3.05, 3.63) is 28.3 Å². The Morgan fingerprint density at radius 1 is 1.29 bits per heavy atom. The summed E-state index contributed by atoms with van der Waals surface area (Å²) >= 11 is 0. The lowest BCUT2D eigenvalue weighted by atomic mass is 9.82. The van der Waals surface area contributed by atoms with Crippen molar-refractivity contribution >= 4 is 17.1 Å². The van der Waals surface area contributed by atoms with E-state index in [1.807, 2.05) is 0 Å². The first-order valence-electron chi connectivity index (χ1n) is 7.56. The van der Waals surface area contributed by atoms with Crippen LogP contribution in [0, 0.1) is 10.1 Å². The number of nitrogens with one attached hydrogen (secondary N) is 1. The van der Waals surface area contributed by atoms with E-state index >= 15 is 0 Å². The van der Waals surface area contributed by atoms with Gasteiger partial charge in [0.25, 0.3) is 5.69 Å². The highest BCUT2D eigenvalue weighted by atomic mass is 16.6. The highest BCUT2D eigenvalue weighted by Crippen LogP contribution is 2.34. The molecule has 0 aliphatic carbocycles. The molecule has 2 saturated heterocycles. The van der Waals surface area contributed by atoms with Crippen molar-refractivity contribution < 1.29 is 4.92 Å². The monoisotopic (exact) mass is 290 g/mol. The van der Waals surface area contributed by atoms with Crippen LogP contribution in [0.5, 0.6) is 0 Å². The largest absolute Gasteiger partial charge is 0.398 e. The summed E-state index contributed by atoms with van der Waals surface area (Å²) in [5.41, 5.74) is 7.00. The molecule has 0 radical (unpaired) electrons. The van der Waals surface area contributed by atoms with Crippen LogP contribution in [-0.4, -0.2) is 35.0 Å². The molecule has 0 saturated carbocycles. The fourth-order valence-electron chi connectivity index (χ4n) is 3.79. The highest BCUT2D eigenvalue weighted by molar-refractivity contribution is 5.61. The number of nitrogen functional groups attached to an aromatic ring is 1. The molecule has 2 heterocycles. The maximum absolute atomic E-state index is 10.9. The van der Waals surface area contributed by atoms with Gasteiger partial charge < -0.3 is 16.0 Å². The van der Waals surface area contributed by atoms with Crippen LogP contribution in [0.1, 0.15) is 32.1 Å². The molecule has 2 fully saturated rings. The zero-order valence-electron chi connectivity index (χ0n) is 12.3. The molecule has 2 aliphatic rings. The Bertz CT molecular complexity index is 534. The predicted octanol–water partition coefficient (Wildman–Crippen LogP) is 2.60. The third kappa shape index (κ3) is 2.95. The van der Waals surface area contributed by atoms with Gasteiger partial charge in [-0.05, 0) is 38.8 Å². The highest BCUT2D eigenvalue weighted by Gasteiger charge is 2.35. The first-order valence-corrected chi connectivity index (χ1v) is 7.56. The van der Waals surface area contributed by atoms with E-state index in [9.17, 15) is 10.1 Å². The maximum Gasteiger partial charge on any atom is 0.273 e. The molecular weight excluding hydrogens is 268 g/mol. The number of non-ortho nitro benzene ring substituents is 1. The molecule has 1 aromatic carbocycles. The van der Waals surface area contributed by atoms with Crippen molar-refractivity contribution in [3.8, 4) is 0 Å². The van der Waals surface area contributed by atoms with Crippen molar-refractivity contribution in [3.63, 3.8) is 0 Å². The lowest BCUT2D eigenvalue weighted by Crippen LogP contribution is -2.52. The SMILES string of the molecule is CN1C2CCCC1CC(Nc1cc(N)cc([N+](=O)[O-])c1)C2. The second kappa shape index (κ2) is 5.52. The zero-order valence-corrected chi connectivity index (χ0v) is 12.3. The zero-order chi connectivity index (χ0) is 15.0. The first kappa shape index (κ1) is 14.1. The molecule has 3 rings (SSSR count). The van der Waals surface area contributed by atoms with Crippen LogP contribution >= 0.6 is 0 Å². The molecule has 6 heteroatoms. The van der Waals surface area contributed by atoms with Crippen LogP contribution in [0.15, 0.2) is 18.2 Å². The molecule has 0 amide bonds. The Balaban J connectivity index is 1.74. The summed E-state index contributed by atoms with van der Waals surface area (Å²) in [6.45, 7) is 0. The number of hydrogen-bond donors (Lipinski definition) is 2. The van der Waals surface area contributed by atoms with Gasteiger partial charge in [0.15, 0.2) is 0 Å². The van der Waals surface area contributed by atoms with E-state index in [-0.39, 0.29) is 5.69 Å². The van der Waals surface area contributed by atoms with Gasteiger partial charge in [-0.2, -0.15) is 0 Å². The number of anilines is 2. The average molecular weight is 290 g/mol. The van der Waals surface area contributed by atoms with E-state index < -0.39 is 4.92 Å². The number of nitrogens with two attached hydrogens (primary N) is 1. The first-order chi connectivity index (χ1) is 10.0. The molecule has 2 aliphatic heterocycles. The van der Waals surface area contributed by atoms with Gasteiger partial charge >= 0.3 is 0 Å². The normalized spacial score (nSPS) is 29.1. The van der Waals surface area contributed by atoms with Crippen molar-refractivity contribution in [1.29, 1.82) is 0 Å². The molecule has 2 atom stereocenters. The number of nitro benzene ring substituents is 1. The summed E-state index contributed by atoms with van der Waals surface area (Å²) in [7, 11) is 2.22. The van der Waals surface area contributed by atoms with Gasteiger partial charge in [0, 0.05) is 41.6 Å². The Labute approximate surface area is 124 Å². The van der Waals surface area contributed by atoms with Crippen LogP contribution in [0.25, 0.3) is 0 Å². The summed E-state index contributed by atoms with van der Waals surface area (Å²) < 4.78 is 0. The van der Waals surface area contributed by atoms with Crippen LogP contribution in [0.3, 0.4) is 0 Å². The van der Waals surface area contributed by atoms with Crippen molar-refractivity contribution in [2.24, 2.45) is 0 Å². The molecule has 2 bridgehead atoms. The lowest BCUT2D eigenvalue weighted by molar-refractivity contribution is -0.384. The summed E-state index contributed by atoms with van der Waals surface area (Å²) in [4.78, 5) is 13.0. The van der Waals surface area contributed by atoms with Crippen LogP contribution in [-0.2, 0) is 0 Å². The number of piperidine rings is 2. The minimum absolute atomic E-state index is 0.0469. The van der Waals surface area contributed by atoms with E-state index in [0.717, 1.165) is 18.5 Å². The molecule has 2 unspecified atom stereocenters. The van der Waals surface area contributed by atoms with E-state index in [2.05, 4.69) is 17.3 Å². The van der Waals surface area contributed by atoms with Crippen LogP contribution in [0.4, 0.5) is 17.1 Å².